The summed E-state index contributed by atoms with van der Waals surface area (Å²) in [6, 6.07) is 3.11. The first-order chi connectivity index (χ1) is 16.9. The number of ether oxygens (including phenoxy) is 1. The van der Waals surface area contributed by atoms with E-state index in [-0.39, 0.29) is 39.4 Å². The van der Waals surface area contributed by atoms with Crippen molar-refractivity contribution in [1.29, 1.82) is 0 Å². The number of hydrogen-bond acceptors (Lipinski definition) is 7. The number of aromatic nitrogens is 3. The highest BCUT2D eigenvalue weighted by atomic mass is 32.2. The molecule has 1 aliphatic heterocycles. The van der Waals surface area contributed by atoms with Crippen LogP contribution in [0.15, 0.2) is 30.5 Å². The third-order valence-corrected chi connectivity index (χ3v) is 8.27. The van der Waals surface area contributed by atoms with Gasteiger partial charge in [0.05, 0.1) is 39.8 Å². The minimum absolute atomic E-state index is 0.0447. The summed E-state index contributed by atoms with van der Waals surface area (Å²) in [5.74, 6) is -2.59. The highest BCUT2D eigenvalue weighted by Gasteiger charge is 2.46. The molecule has 1 aromatic carbocycles. The van der Waals surface area contributed by atoms with E-state index in [2.05, 4.69) is 20.1 Å². The van der Waals surface area contributed by atoms with Crippen LogP contribution in [0.3, 0.4) is 0 Å². The Morgan fingerprint density at radius 1 is 1.24 bits per heavy atom. The molecule has 2 aromatic heterocycles. The van der Waals surface area contributed by atoms with Gasteiger partial charge in [-0.05, 0) is 52.0 Å². The zero-order valence-corrected chi connectivity index (χ0v) is 21.0. The van der Waals surface area contributed by atoms with Crippen molar-refractivity contribution in [2.75, 3.05) is 11.5 Å². The molecule has 1 saturated heterocycles. The average Bonchev–Trinajstić information content (AvgIpc) is 3.09. The lowest BCUT2D eigenvalue weighted by Gasteiger charge is -2.38. The SMILES string of the molecule is CC(n1nc(-c2cc(OC(F)(F)F)ccc2F)c2ncc(C(=O)NC3(C)CS(=O)(=O)C3)cc21)C(C)(C)O. The van der Waals surface area contributed by atoms with Gasteiger partial charge in [0.15, 0.2) is 9.84 Å². The molecule has 0 radical (unpaired) electrons. The van der Waals surface area contributed by atoms with Gasteiger partial charge in [-0.25, -0.2) is 12.8 Å². The molecular weight excluding hydrogens is 520 g/mol. The molecule has 1 fully saturated rings. The first kappa shape index (κ1) is 26.8. The number of carbonyl (C=O) groups is 1. The van der Waals surface area contributed by atoms with Crippen molar-refractivity contribution in [2.24, 2.45) is 0 Å². The van der Waals surface area contributed by atoms with E-state index in [0.717, 1.165) is 18.2 Å². The van der Waals surface area contributed by atoms with E-state index >= 15 is 0 Å². The first-order valence-corrected chi connectivity index (χ1v) is 12.9. The van der Waals surface area contributed by atoms with E-state index in [4.69, 9.17) is 0 Å². The van der Waals surface area contributed by atoms with Crippen LogP contribution in [0.4, 0.5) is 17.6 Å². The van der Waals surface area contributed by atoms with Crippen molar-refractivity contribution in [3.63, 3.8) is 0 Å². The number of alkyl halides is 3. The van der Waals surface area contributed by atoms with Gasteiger partial charge in [-0.1, -0.05) is 0 Å². The summed E-state index contributed by atoms with van der Waals surface area (Å²) < 4.78 is 81.3. The number of fused-ring (bicyclic) bond motifs is 1. The predicted molar refractivity (Wildman–Crippen MR) is 125 cm³/mol. The van der Waals surface area contributed by atoms with E-state index in [1.807, 2.05) is 0 Å². The van der Waals surface area contributed by atoms with Crippen LogP contribution in [0.25, 0.3) is 22.3 Å². The third-order valence-electron chi connectivity index (χ3n) is 6.12. The number of halogens is 4. The molecule has 1 unspecified atom stereocenters. The Bertz CT molecular complexity index is 1480. The molecule has 14 heteroatoms. The second-order valence-electron chi connectivity index (χ2n) is 9.95. The maximum absolute atomic E-state index is 14.8. The van der Waals surface area contributed by atoms with Gasteiger partial charge in [0.2, 0.25) is 0 Å². The van der Waals surface area contributed by atoms with Crippen molar-refractivity contribution in [3.8, 4) is 17.0 Å². The summed E-state index contributed by atoms with van der Waals surface area (Å²) >= 11 is 0. The fourth-order valence-corrected chi connectivity index (χ4v) is 6.15. The summed E-state index contributed by atoms with van der Waals surface area (Å²) in [4.78, 5) is 17.1. The van der Waals surface area contributed by atoms with E-state index in [0.29, 0.717) is 0 Å². The van der Waals surface area contributed by atoms with Crippen LogP contribution in [-0.4, -0.2) is 63.2 Å². The summed E-state index contributed by atoms with van der Waals surface area (Å²) in [5.41, 5.74) is -2.44. The Kier molecular flexibility index (Phi) is 6.27. The fraction of sp³-hybridized carbons (Fsp3) is 0.435. The molecule has 0 aliphatic carbocycles. The quantitative estimate of drug-likeness (QED) is 0.456. The van der Waals surface area contributed by atoms with Crippen molar-refractivity contribution in [3.05, 3.63) is 41.8 Å². The van der Waals surface area contributed by atoms with Crippen molar-refractivity contribution in [1.82, 2.24) is 20.1 Å². The molecule has 2 N–H and O–H groups in total. The molecule has 0 spiro atoms. The molecule has 3 heterocycles. The van der Waals surface area contributed by atoms with Gasteiger partial charge in [0.25, 0.3) is 5.91 Å². The molecule has 37 heavy (non-hydrogen) atoms. The number of nitrogens with zero attached hydrogens (tertiary/aromatic N) is 3. The topological polar surface area (TPSA) is 123 Å². The lowest BCUT2D eigenvalue weighted by Crippen LogP contribution is -2.63. The Morgan fingerprint density at radius 2 is 1.89 bits per heavy atom. The molecule has 200 valence electrons. The normalized spacial score (nSPS) is 17.8. The van der Waals surface area contributed by atoms with Crippen LogP contribution >= 0.6 is 0 Å². The van der Waals surface area contributed by atoms with Crippen molar-refractivity contribution in [2.45, 2.75) is 51.2 Å². The molecule has 1 atom stereocenters. The Balaban J connectivity index is 1.82. The van der Waals surface area contributed by atoms with Crippen LogP contribution in [-0.2, 0) is 9.84 Å². The standard InChI is InChI=1S/C23H24F4N4O5S/c1-12(21(2,3)33)31-17-7-13(20(32)29-22(4)10-37(34,35)11-22)9-28-19(17)18(30-31)15-8-14(5-6-16(15)24)36-23(25,26)27/h5-9,12,33H,10-11H2,1-4H3,(H,29,32). The van der Waals surface area contributed by atoms with Gasteiger partial charge in [-0.2, -0.15) is 5.10 Å². The maximum atomic E-state index is 14.8. The number of aliphatic hydroxyl groups is 1. The number of hydrogen-bond donors (Lipinski definition) is 2. The van der Waals surface area contributed by atoms with Gasteiger partial charge in [0, 0.05) is 11.8 Å². The highest BCUT2D eigenvalue weighted by Crippen LogP contribution is 2.36. The van der Waals surface area contributed by atoms with Gasteiger partial charge in [0.1, 0.15) is 22.8 Å². The van der Waals surface area contributed by atoms with E-state index in [1.54, 1.807) is 13.8 Å². The number of amides is 1. The molecule has 0 saturated carbocycles. The first-order valence-electron chi connectivity index (χ1n) is 11.1. The summed E-state index contributed by atoms with van der Waals surface area (Å²) in [7, 11) is -3.22. The predicted octanol–water partition coefficient (Wildman–Crippen LogP) is 3.38. The lowest BCUT2D eigenvalue weighted by atomic mass is 10.0. The highest BCUT2D eigenvalue weighted by molar-refractivity contribution is 7.93. The second-order valence-corrected chi connectivity index (χ2v) is 12.0. The third kappa shape index (κ3) is 5.54. The summed E-state index contributed by atoms with van der Waals surface area (Å²) in [5, 5.41) is 17.6. The van der Waals surface area contributed by atoms with Gasteiger partial charge < -0.3 is 15.2 Å². The zero-order valence-electron chi connectivity index (χ0n) is 20.2. The molecule has 0 bridgehead atoms. The lowest BCUT2D eigenvalue weighted by molar-refractivity contribution is -0.274. The summed E-state index contributed by atoms with van der Waals surface area (Å²) in [6.07, 6.45) is -3.82. The van der Waals surface area contributed by atoms with Crippen molar-refractivity contribution < 1.29 is 40.6 Å². The number of sulfone groups is 1. The number of carbonyl (C=O) groups excluding carboxylic acids is 1. The number of nitrogens with one attached hydrogen (secondary N) is 1. The largest absolute Gasteiger partial charge is 0.573 e. The zero-order chi connectivity index (χ0) is 27.6. The molecule has 4 rings (SSSR count). The average molecular weight is 545 g/mol. The van der Waals surface area contributed by atoms with E-state index in [9.17, 15) is 35.9 Å². The molecule has 1 amide bonds. The van der Waals surface area contributed by atoms with Gasteiger partial charge >= 0.3 is 6.36 Å². The Labute approximate surface area is 209 Å². The molecule has 1 aliphatic rings. The smallest absolute Gasteiger partial charge is 0.406 e. The van der Waals surface area contributed by atoms with Gasteiger partial charge in [-0.3, -0.25) is 14.5 Å². The second kappa shape index (κ2) is 8.65. The number of benzene rings is 1. The molecular formula is C23H24F4N4O5S. The van der Waals surface area contributed by atoms with Crippen LogP contribution in [0.1, 0.15) is 44.1 Å². The van der Waals surface area contributed by atoms with Crippen molar-refractivity contribution >= 4 is 26.8 Å². The number of pyridine rings is 1. The van der Waals surface area contributed by atoms with E-state index < -0.39 is 50.9 Å². The number of rotatable bonds is 6. The molecule has 3 aromatic rings. The minimum atomic E-state index is -5.00. The monoisotopic (exact) mass is 544 g/mol. The van der Waals surface area contributed by atoms with Crippen LogP contribution in [0.2, 0.25) is 0 Å². The maximum Gasteiger partial charge on any atom is 0.573 e. The Morgan fingerprint density at radius 3 is 2.46 bits per heavy atom. The van der Waals surface area contributed by atoms with Gasteiger partial charge in [-0.15, -0.1) is 13.2 Å². The fourth-order valence-electron chi connectivity index (χ4n) is 4.15. The minimum Gasteiger partial charge on any atom is -0.406 e. The summed E-state index contributed by atoms with van der Waals surface area (Å²) in [6.45, 7) is 6.22. The Hall–Kier alpha value is -3.26. The van der Waals surface area contributed by atoms with Crippen LogP contribution < -0.4 is 10.1 Å². The molecule has 9 nitrogen and oxygen atoms in total. The van der Waals surface area contributed by atoms with E-state index in [1.165, 1.54) is 30.8 Å². The van der Waals surface area contributed by atoms with Crippen LogP contribution in [0.5, 0.6) is 5.75 Å². The van der Waals surface area contributed by atoms with Crippen LogP contribution in [0, 0.1) is 5.82 Å².